The molecule has 0 aliphatic heterocycles. The van der Waals surface area contributed by atoms with Crippen molar-refractivity contribution in [2.24, 2.45) is 0 Å². The van der Waals surface area contributed by atoms with Crippen LogP contribution in [0.1, 0.15) is 21.5 Å². The Morgan fingerprint density at radius 1 is 1.26 bits per heavy atom. The molecule has 19 heavy (non-hydrogen) atoms. The highest BCUT2D eigenvalue weighted by atomic mass is 19.1. The van der Waals surface area contributed by atoms with Crippen LogP contribution in [0, 0.1) is 24.1 Å². The van der Waals surface area contributed by atoms with Crippen LogP contribution in [0.5, 0.6) is 5.75 Å². The molecule has 4 heteroatoms. The van der Waals surface area contributed by atoms with Gasteiger partial charge in [-0.2, -0.15) is 5.26 Å². The van der Waals surface area contributed by atoms with Crippen LogP contribution in [-0.4, -0.2) is 5.97 Å². The molecule has 2 rings (SSSR count). The van der Waals surface area contributed by atoms with Crippen LogP contribution in [0.3, 0.4) is 0 Å². The van der Waals surface area contributed by atoms with E-state index >= 15 is 0 Å². The van der Waals surface area contributed by atoms with Crippen molar-refractivity contribution in [1.82, 2.24) is 0 Å². The van der Waals surface area contributed by atoms with Gasteiger partial charge < -0.3 is 4.74 Å². The second-order valence-electron chi connectivity index (χ2n) is 3.99. The van der Waals surface area contributed by atoms with Crippen molar-refractivity contribution in [2.75, 3.05) is 0 Å². The maximum Gasteiger partial charge on any atom is 0.343 e. The van der Waals surface area contributed by atoms with E-state index in [9.17, 15) is 9.18 Å². The molecule has 0 aromatic heterocycles. The van der Waals surface area contributed by atoms with Crippen LogP contribution in [-0.2, 0) is 0 Å². The molecule has 94 valence electrons. The van der Waals surface area contributed by atoms with E-state index in [-0.39, 0.29) is 11.3 Å². The Kier molecular flexibility index (Phi) is 3.58. The van der Waals surface area contributed by atoms with Gasteiger partial charge >= 0.3 is 5.97 Å². The molecule has 0 bridgehead atoms. The minimum Gasteiger partial charge on any atom is -0.423 e. The van der Waals surface area contributed by atoms with E-state index in [1.54, 1.807) is 25.1 Å². The van der Waals surface area contributed by atoms with Crippen molar-refractivity contribution >= 4 is 5.97 Å². The second kappa shape index (κ2) is 5.32. The first-order valence-electron chi connectivity index (χ1n) is 5.58. The topological polar surface area (TPSA) is 50.1 Å². The normalized spacial score (nSPS) is 9.74. The average molecular weight is 255 g/mol. The summed E-state index contributed by atoms with van der Waals surface area (Å²) >= 11 is 0. The van der Waals surface area contributed by atoms with Crippen LogP contribution in [0.15, 0.2) is 42.5 Å². The van der Waals surface area contributed by atoms with E-state index in [1.807, 2.05) is 6.07 Å². The minimum absolute atomic E-state index is 0.130. The lowest BCUT2D eigenvalue weighted by molar-refractivity contribution is 0.0734. The Labute approximate surface area is 109 Å². The molecule has 0 amide bonds. The molecular formula is C15H10FNO2. The molecule has 0 saturated heterocycles. The van der Waals surface area contributed by atoms with Gasteiger partial charge in [0.25, 0.3) is 0 Å². The number of halogens is 1. The maximum atomic E-state index is 13.3. The summed E-state index contributed by atoms with van der Waals surface area (Å²) < 4.78 is 18.4. The third kappa shape index (κ3) is 2.96. The molecule has 0 radical (unpaired) electrons. The zero-order valence-electron chi connectivity index (χ0n) is 10.2. The van der Waals surface area contributed by atoms with E-state index in [4.69, 9.17) is 10.00 Å². The summed E-state index contributed by atoms with van der Waals surface area (Å²) in [5.41, 5.74) is 0.980. The van der Waals surface area contributed by atoms with E-state index in [2.05, 4.69) is 0 Å². The first kappa shape index (κ1) is 12.8. The quantitative estimate of drug-likeness (QED) is 0.611. The Morgan fingerprint density at radius 2 is 2.05 bits per heavy atom. The van der Waals surface area contributed by atoms with Crippen molar-refractivity contribution in [3.8, 4) is 11.8 Å². The predicted molar refractivity (Wildman–Crippen MR) is 67.3 cm³/mol. The molecule has 0 saturated carbocycles. The lowest BCUT2D eigenvalue weighted by Gasteiger charge is -2.05. The molecule has 0 atom stereocenters. The number of hydrogen-bond acceptors (Lipinski definition) is 3. The van der Waals surface area contributed by atoms with Gasteiger partial charge in [0.2, 0.25) is 0 Å². The van der Waals surface area contributed by atoms with Crippen LogP contribution < -0.4 is 4.74 Å². The third-order valence-electron chi connectivity index (χ3n) is 2.58. The lowest BCUT2D eigenvalue weighted by Crippen LogP contribution is -2.09. The Bertz CT molecular complexity index is 674. The summed E-state index contributed by atoms with van der Waals surface area (Å²) in [4.78, 5) is 11.8. The SMILES string of the molecule is Cc1ccc(C(=O)Oc2cccc(C#N)c2)cc1F. The van der Waals surface area contributed by atoms with E-state index in [0.717, 1.165) is 6.07 Å². The third-order valence-corrected chi connectivity index (χ3v) is 2.58. The molecule has 0 N–H and O–H groups in total. The number of carbonyl (C=O) groups excluding carboxylic acids is 1. The summed E-state index contributed by atoms with van der Waals surface area (Å²) in [6.45, 7) is 1.61. The largest absolute Gasteiger partial charge is 0.423 e. The molecule has 0 aliphatic rings. The van der Waals surface area contributed by atoms with Crippen LogP contribution in [0.4, 0.5) is 4.39 Å². The second-order valence-corrected chi connectivity index (χ2v) is 3.99. The number of esters is 1. The van der Waals surface area contributed by atoms with Crippen molar-refractivity contribution < 1.29 is 13.9 Å². The molecular weight excluding hydrogens is 245 g/mol. The number of nitriles is 1. The summed E-state index contributed by atoms with van der Waals surface area (Å²) in [6.07, 6.45) is 0. The highest BCUT2D eigenvalue weighted by Crippen LogP contribution is 2.16. The van der Waals surface area contributed by atoms with Gasteiger partial charge in [0, 0.05) is 0 Å². The van der Waals surface area contributed by atoms with Gasteiger partial charge in [-0.1, -0.05) is 12.1 Å². The van der Waals surface area contributed by atoms with E-state index in [1.165, 1.54) is 18.2 Å². The molecule has 0 heterocycles. The van der Waals surface area contributed by atoms with E-state index in [0.29, 0.717) is 11.1 Å². The van der Waals surface area contributed by atoms with Crippen molar-refractivity contribution in [3.05, 3.63) is 65.0 Å². The highest BCUT2D eigenvalue weighted by Gasteiger charge is 2.10. The number of ether oxygens (including phenoxy) is 1. The zero-order valence-corrected chi connectivity index (χ0v) is 10.2. The fraction of sp³-hybridized carbons (Fsp3) is 0.0667. The maximum absolute atomic E-state index is 13.3. The van der Waals surface area contributed by atoms with Gasteiger partial charge in [-0.05, 0) is 42.8 Å². The first-order valence-corrected chi connectivity index (χ1v) is 5.58. The molecule has 0 fully saturated rings. The van der Waals surface area contributed by atoms with Gasteiger partial charge in [-0.25, -0.2) is 9.18 Å². The van der Waals surface area contributed by atoms with Crippen molar-refractivity contribution in [1.29, 1.82) is 5.26 Å². The molecule has 3 nitrogen and oxygen atoms in total. The standard InChI is InChI=1S/C15H10FNO2/c1-10-5-6-12(8-14(10)16)15(18)19-13-4-2-3-11(7-13)9-17/h2-8H,1H3. The summed E-state index contributed by atoms with van der Waals surface area (Å²) in [7, 11) is 0. The van der Waals surface area contributed by atoms with Gasteiger partial charge in [0.05, 0.1) is 17.2 Å². The molecule has 0 unspecified atom stereocenters. The lowest BCUT2D eigenvalue weighted by atomic mass is 10.1. The van der Waals surface area contributed by atoms with Gasteiger partial charge in [0.15, 0.2) is 0 Å². The number of aryl methyl sites for hydroxylation is 1. The monoisotopic (exact) mass is 255 g/mol. The fourth-order valence-electron chi connectivity index (χ4n) is 1.51. The summed E-state index contributed by atoms with van der Waals surface area (Å²) in [5, 5.41) is 8.74. The van der Waals surface area contributed by atoms with Crippen molar-refractivity contribution in [3.63, 3.8) is 0 Å². The minimum atomic E-state index is -0.658. The fourth-order valence-corrected chi connectivity index (χ4v) is 1.51. The van der Waals surface area contributed by atoms with Gasteiger partial charge in [0.1, 0.15) is 11.6 Å². The number of rotatable bonds is 2. The Balaban J connectivity index is 2.21. The van der Waals surface area contributed by atoms with Crippen LogP contribution in [0.2, 0.25) is 0 Å². The van der Waals surface area contributed by atoms with Crippen LogP contribution in [0.25, 0.3) is 0 Å². The van der Waals surface area contributed by atoms with E-state index < -0.39 is 11.8 Å². The van der Waals surface area contributed by atoms with Crippen LogP contribution >= 0.6 is 0 Å². The van der Waals surface area contributed by atoms with Gasteiger partial charge in [-0.3, -0.25) is 0 Å². The summed E-state index contributed by atoms with van der Waals surface area (Å²) in [6, 6.07) is 12.3. The van der Waals surface area contributed by atoms with Gasteiger partial charge in [-0.15, -0.1) is 0 Å². The van der Waals surface area contributed by atoms with Crippen molar-refractivity contribution in [2.45, 2.75) is 6.92 Å². The Morgan fingerprint density at radius 3 is 2.74 bits per heavy atom. The summed E-state index contributed by atoms with van der Waals surface area (Å²) in [5.74, 6) is -0.862. The number of benzene rings is 2. The molecule has 2 aromatic carbocycles. The molecule has 2 aromatic rings. The average Bonchev–Trinajstić information content (AvgIpc) is 2.42. The zero-order chi connectivity index (χ0) is 13.8. The smallest absolute Gasteiger partial charge is 0.343 e. The first-order chi connectivity index (χ1) is 9.10. The highest BCUT2D eigenvalue weighted by molar-refractivity contribution is 5.91. The molecule has 0 spiro atoms. The Hall–Kier alpha value is -2.67. The number of nitrogens with zero attached hydrogens (tertiary/aromatic N) is 1. The number of carbonyl (C=O) groups is 1. The molecule has 0 aliphatic carbocycles. The predicted octanol–water partition coefficient (Wildman–Crippen LogP) is 3.23. The number of hydrogen-bond donors (Lipinski definition) is 0.